The highest BCUT2D eigenvalue weighted by molar-refractivity contribution is 5.20. The van der Waals surface area contributed by atoms with Gasteiger partial charge in [0.25, 0.3) is 0 Å². The lowest BCUT2D eigenvalue weighted by Gasteiger charge is -2.01. The van der Waals surface area contributed by atoms with Gasteiger partial charge in [-0.25, -0.2) is 13.2 Å². The molecule has 12 heavy (non-hydrogen) atoms. The Hall–Kier alpha value is -0.990. The molecule has 3 heteroatoms. The summed E-state index contributed by atoms with van der Waals surface area (Å²) < 4.78 is 37.9. The van der Waals surface area contributed by atoms with Gasteiger partial charge in [0.1, 0.15) is 5.82 Å². The second-order valence-electron chi connectivity index (χ2n) is 2.61. The zero-order valence-electron chi connectivity index (χ0n) is 6.70. The number of hydrogen-bond donors (Lipinski definition) is 0. The van der Waals surface area contributed by atoms with E-state index >= 15 is 0 Å². The molecule has 0 aliphatic carbocycles. The molecule has 0 aliphatic heterocycles. The first kappa shape index (κ1) is 9.10. The van der Waals surface area contributed by atoms with Crippen LogP contribution in [0.1, 0.15) is 18.9 Å². The van der Waals surface area contributed by atoms with Crippen molar-refractivity contribution in [3.8, 4) is 0 Å². The SMILES string of the molecule is CCCc1cc(F)cc(F)c1F. The normalized spacial score (nSPS) is 10.3. The van der Waals surface area contributed by atoms with E-state index in [-0.39, 0.29) is 5.56 Å². The van der Waals surface area contributed by atoms with E-state index in [1.54, 1.807) is 0 Å². The van der Waals surface area contributed by atoms with Gasteiger partial charge in [-0.05, 0) is 18.1 Å². The molecular formula is C9H9F3. The highest BCUT2D eigenvalue weighted by atomic mass is 19.2. The number of rotatable bonds is 2. The van der Waals surface area contributed by atoms with Gasteiger partial charge in [-0.2, -0.15) is 0 Å². The molecule has 0 radical (unpaired) electrons. The van der Waals surface area contributed by atoms with Gasteiger partial charge in [-0.1, -0.05) is 13.3 Å². The molecule has 0 amide bonds. The largest absolute Gasteiger partial charge is 0.207 e. The predicted octanol–water partition coefficient (Wildman–Crippen LogP) is 3.06. The van der Waals surface area contributed by atoms with Crippen LogP contribution in [-0.4, -0.2) is 0 Å². The fourth-order valence-corrected chi connectivity index (χ4v) is 1.06. The third kappa shape index (κ3) is 1.78. The second-order valence-corrected chi connectivity index (χ2v) is 2.61. The van der Waals surface area contributed by atoms with E-state index < -0.39 is 17.5 Å². The molecule has 0 atom stereocenters. The fourth-order valence-electron chi connectivity index (χ4n) is 1.06. The smallest absolute Gasteiger partial charge is 0.162 e. The van der Waals surface area contributed by atoms with Gasteiger partial charge >= 0.3 is 0 Å². The third-order valence-electron chi connectivity index (χ3n) is 1.59. The Labute approximate surface area is 69.0 Å². The first-order chi connectivity index (χ1) is 5.65. The van der Waals surface area contributed by atoms with Crippen LogP contribution in [0.5, 0.6) is 0 Å². The molecule has 0 saturated carbocycles. The Kier molecular flexibility index (Phi) is 2.74. The summed E-state index contributed by atoms with van der Waals surface area (Å²) in [5.41, 5.74) is 0.106. The minimum absolute atomic E-state index is 0.106. The topological polar surface area (TPSA) is 0 Å². The fraction of sp³-hybridized carbons (Fsp3) is 0.333. The molecule has 66 valence electrons. The maximum atomic E-state index is 12.8. The summed E-state index contributed by atoms with van der Waals surface area (Å²) in [6.07, 6.45) is 1.03. The summed E-state index contributed by atoms with van der Waals surface area (Å²) in [5.74, 6) is -2.77. The minimum atomic E-state index is -1.11. The molecule has 0 unspecified atom stereocenters. The zero-order valence-corrected chi connectivity index (χ0v) is 6.70. The van der Waals surface area contributed by atoms with Gasteiger partial charge in [0.2, 0.25) is 0 Å². The summed E-state index contributed by atoms with van der Waals surface area (Å²) in [6.45, 7) is 1.82. The number of benzene rings is 1. The maximum Gasteiger partial charge on any atom is 0.162 e. The maximum absolute atomic E-state index is 12.8. The van der Waals surface area contributed by atoms with E-state index in [9.17, 15) is 13.2 Å². The Bertz CT molecular complexity index is 281. The average molecular weight is 174 g/mol. The van der Waals surface area contributed by atoms with Gasteiger partial charge in [-0.3, -0.25) is 0 Å². The van der Waals surface area contributed by atoms with Crippen LogP contribution in [0.25, 0.3) is 0 Å². The van der Waals surface area contributed by atoms with Crippen molar-refractivity contribution in [1.29, 1.82) is 0 Å². The Morgan fingerprint density at radius 3 is 2.42 bits per heavy atom. The molecule has 0 spiro atoms. The molecule has 0 aliphatic rings. The third-order valence-corrected chi connectivity index (χ3v) is 1.59. The van der Waals surface area contributed by atoms with E-state index in [4.69, 9.17) is 0 Å². The van der Waals surface area contributed by atoms with Crippen LogP contribution in [0.2, 0.25) is 0 Å². The molecule has 0 saturated heterocycles. The first-order valence-electron chi connectivity index (χ1n) is 3.78. The molecule has 0 aromatic heterocycles. The highest BCUT2D eigenvalue weighted by Gasteiger charge is 2.09. The lowest BCUT2D eigenvalue weighted by molar-refractivity contribution is 0.484. The van der Waals surface area contributed by atoms with Crippen LogP contribution in [-0.2, 0) is 6.42 Å². The van der Waals surface area contributed by atoms with Gasteiger partial charge in [-0.15, -0.1) is 0 Å². The molecule has 0 N–H and O–H groups in total. The molecule has 0 fully saturated rings. The van der Waals surface area contributed by atoms with Crippen LogP contribution < -0.4 is 0 Å². The predicted molar refractivity (Wildman–Crippen MR) is 40.3 cm³/mol. The second kappa shape index (κ2) is 3.61. The molecule has 0 heterocycles. The standard InChI is InChI=1S/C9H9F3/c1-2-3-6-4-7(10)5-8(11)9(6)12/h4-5H,2-3H2,1H3. The van der Waals surface area contributed by atoms with Gasteiger partial charge in [0.15, 0.2) is 11.6 Å². The average Bonchev–Trinajstić information content (AvgIpc) is 2.00. The van der Waals surface area contributed by atoms with Gasteiger partial charge in [0.05, 0.1) is 0 Å². The quantitative estimate of drug-likeness (QED) is 0.604. The van der Waals surface area contributed by atoms with Crippen LogP contribution in [0.15, 0.2) is 12.1 Å². The van der Waals surface area contributed by atoms with Crippen molar-refractivity contribution in [2.75, 3.05) is 0 Å². The summed E-state index contributed by atoms with van der Waals surface area (Å²) in [5, 5.41) is 0. The van der Waals surface area contributed by atoms with Crippen LogP contribution >= 0.6 is 0 Å². The molecule has 1 rings (SSSR count). The lowest BCUT2D eigenvalue weighted by atomic mass is 10.1. The van der Waals surface area contributed by atoms with Crippen LogP contribution in [0, 0.1) is 17.5 Å². The van der Waals surface area contributed by atoms with E-state index in [1.807, 2.05) is 6.92 Å². The van der Waals surface area contributed by atoms with Gasteiger partial charge < -0.3 is 0 Å². The molecular weight excluding hydrogens is 165 g/mol. The molecule has 0 bridgehead atoms. The number of halogens is 3. The summed E-state index contributed by atoms with van der Waals surface area (Å²) in [4.78, 5) is 0. The number of hydrogen-bond acceptors (Lipinski definition) is 0. The zero-order chi connectivity index (χ0) is 9.14. The van der Waals surface area contributed by atoms with Crippen molar-refractivity contribution in [1.82, 2.24) is 0 Å². The molecule has 0 nitrogen and oxygen atoms in total. The minimum Gasteiger partial charge on any atom is -0.207 e. The van der Waals surface area contributed by atoms with E-state index in [0.717, 1.165) is 6.07 Å². The van der Waals surface area contributed by atoms with Crippen LogP contribution in [0.3, 0.4) is 0 Å². The first-order valence-corrected chi connectivity index (χ1v) is 3.78. The van der Waals surface area contributed by atoms with Crippen molar-refractivity contribution in [2.24, 2.45) is 0 Å². The van der Waals surface area contributed by atoms with E-state index in [2.05, 4.69) is 0 Å². The summed E-state index contributed by atoms with van der Waals surface area (Å²) in [6, 6.07) is 1.58. The van der Waals surface area contributed by atoms with E-state index in [0.29, 0.717) is 18.9 Å². The van der Waals surface area contributed by atoms with Gasteiger partial charge in [0, 0.05) is 6.07 Å². The highest BCUT2D eigenvalue weighted by Crippen LogP contribution is 2.15. The van der Waals surface area contributed by atoms with Crippen molar-refractivity contribution < 1.29 is 13.2 Å². The number of aryl methyl sites for hydroxylation is 1. The Balaban J connectivity index is 3.09. The van der Waals surface area contributed by atoms with Crippen molar-refractivity contribution in [2.45, 2.75) is 19.8 Å². The Morgan fingerprint density at radius 2 is 1.83 bits per heavy atom. The Morgan fingerprint density at radius 1 is 1.17 bits per heavy atom. The van der Waals surface area contributed by atoms with E-state index in [1.165, 1.54) is 0 Å². The van der Waals surface area contributed by atoms with Crippen LogP contribution in [0.4, 0.5) is 13.2 Å². The van der Waals surface area contributed by atoms with Crippen molar-refractivity contribution >= 4 is 0 Å². The van der Waals surface area contributed by atoms with Crippen molar-refractivity contribution in [3.63, 3.8) is 0 Å². The monoisotopic (exact) mass is 174 g/mol. The molecule has 1 aromatic carbocycles. The lowest BCUT2D eigenvalue weighted by Crippen LogP contribution is -1.95. The van der Waals surface area contributed by atoms with Crippen molar-refractivity contribution in [3.05, 3.63) is 35.1 Å². The summed E-state index contributed by atoms with van der Waals surface area (Å²) in [7, 11) is 0. The molecule has 1 aromatic rings. The summed E-state index contributed by atoms with van der Waals surface area (Å²) >= 11 is 0.